The largest absolute Gasteiger partial charge is 0.365 e. The number of fused-ring (bicyclic) bond motifs is 1. The van der Waals surface area contributed by atoms with Gasteiger partial charge in [-0.2, -0.15) is 4.98 Å². The van der Waals surface area contributed by atoms with Crippen molar-refractivity contribution in [3.8, 4) is 11.1 Å². The summed E-state index contributed by atoms with van der Waals surface area (Å²) < 4.78 is 1.05. The Morgan fingerprint density at radius 3 is 2.48 bits per heavy atom. The van der Waals surface area contributed by atoms with Gasteiger partial charge in [0.1, 0.15) is 5.82 Å². The van der Waals surface area contributed by atoms with Gasteiger partial charge >= 0.3 is 0 Å². The Hall–Kier alpha value is -2.66. The van der Waals surface area contributed by atoms with Gasteiger partial charge in [-0.1, -0.05) is 42.5 Å². The maximum Gasteiger partial charge on any atom is 0.225 e. The van der Waals surface area contributed by atoms with Gasteiger partial charge < -0.3 is 10.6 Å². The molecule has 0 aliphatic carbocycles. The second kappa shape index (κ2) is 7.07. The van der Waals surface area contributed by atoms with Gasteiger partial charge in [-0.05, 0) is 5.56 Å². The monoisotopic (exact) mass is 322 g/mol. The lowest BCUT2D eigenvalue weighted by atomic mass is 10.1. The fraction of sp³-hybridized carbons (Fsp3) is 0.111. The molecule has 0 spiro atoms. The molecule has 23 heavy (non-hydrogen) atoms. The topological polar surface area (TPSA) is 49.8 Å². The number of hydrogen-bond acceptors (Lipinski definition) is 5. The Bertz CT molecular complexity index is 824. The van der Waals surface area contributed by atoms with E-state index < -0.39 is 0 Å². The van der Waals surface area contributed by atoms with Crippen LogP contribution in [0.1, 0.15) is 0 Å². The third-order valence-corrected chi connectivity index (χ3v) is 4.29. The van der Waals surface area contributed by atoms with Gasteiger partial charge in [0.05, 0.1) is 10.2 Å². The van der Waals surface area contributed by atoms with Gasteiger partial charge in [0, 0.05) is 24.0 Å². The van der Waals surface area contributed by atoms with E-state index in [0.29, 0.717) is 19.0 Å². The minimum atomic E-state index is 0.597. The molecule has 2 heterocycles. The molecule has 116 valence electrons. The van der Waals surface area contributed by atoms with Gasteiger partial charge in [-0.25, -0.2) is 4.98 Å². The van der Waals surface area contributed by atoms with Gasteiger partial charge in [-0.3, -0.25) is 0 Å². The first-order chi connectivity index (χ1) is 11.3. The lowest BCUT2D eigenvalue weighted by Crippen LogP contribution is -2.07. The zero-order valence-corrected chi connectivity index (χ0v) is 13.6. The summed E-state index contributed by atoms with van der Waals surface area (Å²) in [7, 11) is 0. The van der Waals surface area contributed by atoms with Crippen LogP contribution in [0.2, 0.25) is 0 Å². The highest BCUT2D eigenvalue weighted by Crippen LogP contribution is 2.36. The first kappa shape index (κ1) is 15.2. The first-order valence-corrected chi connectivity index (χ1v) is 8.25. The minimum Gasteiger partial charge on any atom is -0.365 e. The maximum absolute atomic E-state index is 4.69. The fourth-order valence-corrected chi connectivity index (χ4v) is 3.25. The predicted molar refractivity (Wildman–Crippen MR) is 100 cm³/mol. The summed E-state index contributed by atoms with van der Waals surface area (Å²) in [4.78, 5) is 9.26. The zero-order chi connectivity index (χ0) is 16.1. The summed E-state index contributed by atoms with van der Waals surface area (Å²) in [5, 5.41) is 8.59. The highest BCUT2D eigenvalue weighted by Gasteiger charge is 2.14. The third kappa shape index (κ3) is 3.24. The van der Waals surface area contributed by atoms with Crippen molar-refractivity contribution in [2.75, 3.05) is 23.7 Å². The van der Waals surface area contributed by atoms with Crippen molar-refractivity contribution in [3.63, 3.8) is 0 Å². The number of anilines is 2. The summed E-state index contributed by atoms with van der Waals surface area (Å²) in [5.74, 6) is 1.42. The van der Waals surface area contributed by atoms with Crippen LogP contribution in [-0.4, -0.2) is 23.1 Å². The molecule has 0 saturated heterocycles. The second-order valence-corrected chi connectivity index (χ2v) is 5.81. The smallest absolute Gasteiger partial charge is 0.225 e. The molecule has 0 unspecified atom stereocenters. The molecule has 0 amide bonds. The van der Waals surface area contributed by atoms with Crippen LogP contribution >= 0.6 is 11.3 Å². The van der Waals surface area contributed by atoms with Crippen LogP contribution in [0.5, 0.6) is 0 Å². The molecule has 2 aromatic heterocycles. The van der Waals surface area contributed by atoms with Crippen LogP contribution in [-0.2, 0) is 0 Å². The first-order valence-electron chi connectivity index (χ1n) is 7.37. The van der Waals surface area contributed by atoms with Crippen molar-refractivity contribution in [2.45, 2.75) is 0 Å². The lowest BCUT2D eigenvalue weighted by Gasteiger charge is -2.08. The van der Waals surface area contributed by atoms with E-state index in [1.165, 1.54) is 0 Å². The second-order valence-electron chi connectivity index (χ2n) is 4.93. The van der Waals surface area contributed by atoms with E-state index in [9.17, 15) is 0 Å². The Labute approximate surface area is 139 Å². The molecular weight excluding hydrogens is 304 g/mol. The molecule has 0 radical (unpaired) electrons. The number of benzene rings is 1. The normalized spacial score (nSPS) is 10.4. The third-order valence-electron chi connectivity index (χ3n) is 3.32. The summed E-state index contributed by atoms with van der Waals surface area (Å²) >= 11 is 1.65. The van der Waals surface area contributed by atoms with E-state index in [1.54, 1.807) is 17.4 Å². The molecule has 1 aromatic carbocycles. The van der Waals surface area contributed by atoms with Crippen molar-refractivity contribution < 1.29 is 0 Å². The summed E-state index contributed by atoms with van der Waals surface area (Å²) in [6.07, 6.45) is 3.60. The zero-order valence-electron chi connectivity index (χ0n) is 12.7. The van der Waals surface area contributed by atoms with Crippen LogP contribution in [0.4, 0.5) is 11.8 Å². The molecule has 2 N–H and O–H groups in total. The molecule has 3 rings (SSSR count). The van der Waals surface area contributed by atoms with E-state index >= 15 is 0 Å². The number of rotatable bonds is 7. The number of hydrogen-bond donors (Lipinski definition) is 2. The van der Waals surface area contributed by atoms with E-state index in [4.69, 9.17) is 4.98 Å². The number of nitrogens with zero attached hydrogens (tertiary/aromatic N) is 2. The maximum atomic E-state index is 4.69. The van der Waals surface area contributed by atoms with Crippen molar-refractivity contribution in [3.05, 3.63) is 61.0 Å². The van der Waals surface area contributed by atoms with E-state index in [-0.39, 0.29) is 0 Å². The van der Waals surface area contributed by atoms with E-state index in [0.717, 1.165) is 27.2 Å². The Morgan fingerprint density at radius 2 is 1.74 bits per heavy atom. The van der Waals surface area contributed by atoms with Crippen LogP contribution in [0.25, 0.3) is 21.3 Å². The van der Waals surface area contributed by atoms with E-state index in [1.807, 2.05) is 24.3 Å². The SMILES string of the molecule is C=CCNc1nc(NCC=C)c2scc(-c3ccccc3)c2n1. The lowest BCUT2D eigenvalue weighted by molar-refractivity contribution is 1.14. The highest BCUT2D eigenvalue weighted by molar-refractivity contribution is 7.18. The molecular formula is C18H18N4S. The Balaban J connectivity index is 2.12. The predicted octanol–water partition coefficient (Wildman–Crippen LogP) is 4.55. The summed E-state index contributed by atoms with van der Waals surface area (Å²) in [6.45, 7) is 8.75. The molecule has 4 nitrogen and oxygen atoms in total. The van der Waals surface area contributed by atoms with Crippen molar-refractivity contribution in [1.82, 2.24) is 9.97 Å². The van der Waals surface area contributed by atoms with Gasteiger partial charge in [0.2, 0.25) is 5.95 Å². The summed E-state index contributed by atoms with van der Waals surface area (Å²) in [6, 6.07) is 10.3. The highest BCUT2D eigenvalue weighted by atomic mass is 32.1. The molecule has 0 aliphatic heterocycles. The fourth-order valence-electron chi connectivity index (χ4n) is 2.27. The molecule has 5 heteroatoms. The van der Waals surface area contributed by atoms with Crippen molar-refractivity contribution in [1.29, 1.82) is 0 Å². The van der Waals surface area contributed by atoms with Crippen LogP contribution in [0, 0.1) is 0 Å². The van der Waals surface area contributed by atoms with Gasteiger partial charge in [0.15, 0.2) is 0 Å². The molecule has 0 aliphatic rings. The van der Waals surface area contributed by atoms with Crippen molar-refractivity contribution in [2.24, 2.45) is 0 Å². The van der Waals surface area contributed by atoms with E-state index in [2.05, 4.69) is 46.3 Å². The summed E-state index contributed by atoms with van der Waals surface area (Å²) in [5.41, 5.74) is 3.23. The van der Waals surface area contributed by atoms with Crippen molar-refractivity contribution >= 4 is 33.3 Å². The Kier molecular flexibility index (Phi) is 4.68. The average Bonchev–Trinajstić information content (AvgIpc) is 3.02. The minimum absolute atomic E-state index is 0.597. The molecule has 0 saturated carbocycles. The molecule has 3 aromatic rings. The van der Waals surface area contributed by atoms with Crippen LogP contribution in [0.3, 0.4) is 0 Å². The number of thiophene rings is 1. The quantitative estimate of drug-likeness (QED) is 0.626. The number of nitrogens with one attached hydrogen (secondary N) is 2. The molecule has 0 bridgehead atoms. The van der Waals surface area contributed by atoms with Gasteiger partial charge in [-0.15, -0.1) is 24.5 Å². The average molecular weight is 322 g/mol. The standard InChI is InChI=1S/C18H18N4S/c1-3-10-19-17-16-15(21-18(22-17)20-11-4-2)14(12-23-16)13-8-6-5-7-9-13/h3-9,12H,1-2,10-11H2,(H2,19,20,21,22). The molecule has 0 atom stereocenters. The van der Waals surface area contributed by atoms with Crippen LogP contribution < -0.4 is 10.6 Å². The van der Waals surface area contributed by atoms with Gasteiger partial charge in [0.25, 0.3) is 0 Å². The Morgan fingerprint density at radius 1 is 1.00 bits per heavy atom. The number of aromatic nitrogens is 2. The van der Waals surface area contributed by atoms with Crippen LogP contribution in [0.15, 0.2) is 61.0 Å². The molecule has 0 fully saturated rings.